The molecule has 12 heavy (non-hydrogen) atoms. The predicted octanol–water partition coefficient (Wildman–Crippen LogP) is 1.39. The summed E-state index contributed by atoms with van der Waals surface area (Å²) >= 11 is 0. The lowest BCUT2D eigenvalue weighted by molar-refractivity contribution is 0.765. The molecule has 0 spiro atoms. The van der Waals surface area contributed by atoms with Gasteiger partial charge >= 0.3 is 0 Å². The average molecular weight is 165 g/mol. The van der Waals surface area contributed by atoms with Crippen LogP contribution in [0.15, 0.2) is 24.0 Å². The molecule has 1 aromatic heterocycles. The number of allylic oxidation sites excluding steroid dienone is 1. The summed E-state index contributed by atoms with van der Waals surface area (Å²) in [6.45, 7) is 4.08. The molecule has 0 aromatic carbocycles. The minimum atomic E-state index is -0.0244. The van der Waals surface area contributed by atoms with E-state index in [-0.39, 0.29) is 6.04 Å². The summed E-state index contributed by atoms with van der Waals surface area (Å²) in [4.78, 5) is 0. The molecule has 0 bridgehead atoms. The molecule has 1 aromatic rings. The first-order valence-corrected chi connectivity index (χ1v) is 3.98. The summed E-state index contributed by atoms with van der Waals surface area (Å²) in [6, 6.07) is -0.0244. The molecule has 3 nitrogen and oxygen atoms in total. The monoisotopic (exact) mass is 165 g/mol. The molecule has 0 saturated carbocycles. The summed E-state index contributed by atoms with van der Waals surface area (Å²) in [5, 5.41) is 4.05. The first-order chi connectivity index (χ1) is 5.59. The van der Waals surface area contributed by atoms with E-state index in [9.17, 15) is 0 Å². The molecule has 1 rings (SSSR count). The molecule has 1 heterocycles. The van der Waals surface area contributed by atoms with Crippen molar-refractivity contribution >= 4 is 0 Å². The van der Waals surface area contributed by atoms with E-state index in [4.69, 9.17) is 5.73 Å². The molecule has 1 unspecified atom stereocenters. The third-order valence-electron chi connectivity index (χ3n) is 1.62. The highest BCUT2D eigenvalue weighted by Gasteiger charge is 2.03. The molecule has 66 valence electrons. The van der Waals surface area contributed by atoms with Gasteiger partial charge in [-0.05, 0) is 13.8 Å². The Morgan fingerprint density at radius 3 is 2.75 bits per heavy atom. The second-order valence-electron chi connectivity index (χ2n) is 3.22. The van der Waals surface area contributed by atoms with Crippen LogP contribution in [-0.4, -0.2) is 9.78 Å². The number of hydrogen-bond donors (Lipinski definition) is 1. The molecular weight excluding hydrogens is 150 g/mol. The minimum Gasteiger partial charge on any atom is -0.321 e. The molecule has 0 amide bonds. The quantitative estimate of drug-likeness (QED) is 0.673. The number of hydrogen-bond acceptors (Lipinski definition) is 2. The van der Waals surface area contributed by atoms with Crippen molar-refractivity contribution in [3.63, 3.8) is 0 Å². The highest BCUT2D eigenvalue weighted by Crippen LogP contribution is 2.11. The van der Waals surface area contributed by atoms with E-state index in [1.165, 1.54) is 5.57 Å². The average Bonchev–Trinajstić information content (AvgIpc) is 2.34. The lowest BCUT2D eigenvalue weighted by Crippen LogP contribution is -2.06. The van der Waals surface area contributed by atoms with Gasteiger partial charge in [0, 0.05) is 18.8 Å². The van der Waals surface area contributed by atoms with Gasteiger partial charge in [0.05, 0.1) is 12.2 Å². The molecule has 0 saturated heterocycles. The van der Waals surface area contributed by atoms with Gasteiger partial charge in [-0.15, -0.1) is 0 Å². The van der Waals surface area contributed by atoms with Crippen molar-refractivity contribution in [2.24, 2.45) is 12.8 Å². The Kier molecular flexibility index (Phi) is 2.65. The molecule has 0 radical (unpaired) electrons. The van der Waals surface area contributed by atoms with E-state index >= 15 is 0 Å². The van der Waals surface area contributed by atoms with Gasteiger partial charge in [-0.25, -0.2) is 0 Å². The van der Waals surface area contributed by atoms with Gasteiger partial charge in [-0.2, -0.15) is 5.10 Å². The SMILES string of the molecule is CC(C)=CC(N)c1cnn(C)c1. The van der Waals surface area contributed by atoms with Crippen LogP contribution in [0.3, 0.4) is 0 Å². The fraction of sp³-hybridized carbons (Fsp3) is 0.444. The standard InChI is InChI=1S/C9H15N3/c1-7(2)4-9(10)8-5-11-12(3)6-8/h4-6,9H,10H2,1-3H3. The van der Waals surface area contributed by atoms with Crippen LogP contribution >= 0.6 is 0 Å². The number of aromatic nitrogens is 2. The van der Waals surface area contributed by atoms with Crippen LogP contribution in [-0.2, 0) is 7.05 Å². The highest BCUT2D eigenvalue weighted by molar-refractivity contribution is 5.17. The van der Waals surface area contributed by atoms with E-state index in [2.05, 4.69) is 5.10 Å². The van der Waals surface area contributed by atoms with Crippen molar-refractivity contribution in [1.29, 1.82) is 0 Å². The van der Waals surface area contributed by atoms with Crippen molar-refractivity contribution in [3.8, 4) is 0 Å². The van der Waals surface area contributed by atoms with E-state index in [0.717, 1.165) is 5.56 Å². The van der Waals surface area contributed by atoms with Crippen LogP contribution in [0, 0.1) is 0 Å². The van der Waals surface area contributed by atoms with Crippen LogP contribution < -0.4 is 5.73 Å². The zero-order valence-electron chi connectivity index (χ0n) is 7.78. The first-order valence-electron chi connectivity index (χ1n) is 3.98. The van der Waals surface area contributed by atoms with Gasteiger partial charge in [-0.1, -0.05) is 11.6 Å². The summed E-state index contributed by atoms with van der Waals surface area (Å²) in [5.74, 6) is 0. The number of nitrogens with two attached hydrogens (primary N) is 1. The van der Waals surface area contributed by atoms with Crippen molar-refractivity contribution in [2.75, 3.05) is 0 Å². The van der Waals surface area contributed by atoms with Gasteiger partial charge in [0.15, 0.2) is 0 Å². The zero-order valence-corrected chi connectivity index (χ0v) is 7.78. The maximum absolute atomic E-state index is 5.88. The van der Waals surface area contributed by atoms with Crippen LogP contribution in [0.4, 0.5) is 0 Å². The van der Waals surface area contributed by atoms with Crippen LogP contribution in [0.25, 0.3) is 0 Å². The van der Waals surface area contributed by atoms with Crippen LogP contribution in [0.1, 0.15) is 25.5 Å². The molecule has 1 atom stereocenters. The molecule has 0 aliphatic heterocycles. The Bertz CT molecular complexity index is 282. The Balaban J connectivity index is 2.78. The second-order valence-corrected chi connectivity index (χ2v) is 3.22. The van der Waals surface area contributed by atoms with Crippen LogP contribution in [0.2, 0.25) is 0 Å². The second kappa shape index (κ2) is 3.54. The van der Waals surface area contributed by atoms with Crippen molar-refractivity contribution < 1.29 is 0 Å². The maximum atomic E-state index is 5.88. The molecular formula is C9H15N3. The van der Waals surface area contributed by atoms with Crippen molar-refractivity contribution in [2.45, 2.75) is 19.9 Å². The van der Waals surface area contributed by atoms with E-state index in [1.807, 2.05) is 33.2 Å². The zero-order chi connectivity index (χ0) is 9.14. The van der Waals surface area contributed by atoms with Gasteiger partial charge < -0.3 is 5.73 Å². The fourth-order valence-corrected chi connectivity index (χ4v) is 1.07. The highest BCUT2D eigenvalue weighted by atomic mass is 15.2. The molecule has 0 aliphatic rings. The Morgan fingerprint density at radius 2 is 2.33 bits per heavy atom. The normalized spacial score (nSPS) is 12.7. The number of rotatable bonds is 2. The lowest BCUT2D eigenvalue weighted by Gasteiger charge is -2.02. The Labute approximate surface area is 72.9 Å². The van der Waals surface area contributed by atoms with Crippen molar-refractivity contribution in [1.82, 2.24) is 9.78 Å². The smallest absolute Gasteiger partial charge is 0.0540 e. The summed E-state index contributed by atoms with van der Waals surface area (Å²) in [6.07, 6.45) is 5.76. The minimum absolute atomic E-state index is 0.0244. The summed E-state index contributed by atoms with van der Waals surface area (Å²) in [5.41, 5.74) is 8.16. The third-order valence-corrected chi connectivity index (χ3v) is 1.62. The fourth-order valence-electron chi connectivity index (χ4n) is 1.07. The van der Waals surface area contributed by atoms with Gasteiger partial charge in [0.25, 0.3) is 0 Å². The lowest BCUT2D eigenvalue weighted by atomic mass is 10.1. The van der Waals surface area contributed by atoms with Crippen LogP contribution in [0.5, 0.6) is 0 Å². The number of nitrogens with zero attached hydrogens (tertiary/aromatic N) is 2. The van der Waals surface area contributed by atoms with Gasteiger partial charge in [0.1, 0.15) is 0 Å². The van der Waals surface area contributed by atoms with E-state index in [0.29, 0.717) is 0 Å². The predicted molar refractivity (Wildman–Crippen MR) is 49.6 cm³/mol. The van der Waals surface area contributed by atoms with Crippen molar-refractivity contribution in [3.05, 3.63) is 29.6 Å². The molecule has 0 fully saturated rings. The van der Waals surface area contributed by atoms with Gasteiger partial charge in [0.2, 0.25) is 0 Å². The first kappa shape index (κ1) is 9.00. The van der Waals surface area contributed by atoms with Gasteiger partial charge in [-0.3, -0.25) is 4.68 Å². The molecule has 2 N–H and O–H groups in total. The largest absolute Gasteiger partial charge is 0.321 e. The van der Waals surface area contributed by atoms with E-state index in [1.54, 1.807) is 10.9 Å². The topological polar surface area (TPSA) is 43.8 Å². The Morgan fingerprint density at radius 1 is 1.67 bits per heavy atom. The van der Waals surface area contributed by atoms with E-state index < -0.39 is 0 Å². The maximum Gasteiger partial charge on any atom is 0.0540 e. The molecule has 3 heteroatoms. The number of aryl methyl sites for hydroxylation is 1. The molecule has 0 aliphatic carbocycles. The Hall–Kier alpha value is -1.09. The summed E-state index contributed by atoms with van der Waals surface area (Å²) in [7, 11) is 1.89. The third kappa shape index (κ3) is 2.20. The summed E-state index contributed by atoms with van der Waals surface area (Å²) < 4.78 is 1.76.